The lowest BCUT2D eigenvalue weighted by Crippen LogP contribution is -2.63. The SMILES string of the molecule is C=CC(=O)N1CCC(O)(C(=O)N(C)[C@H](C(=O)N[C@H]2Cc3cccc(c3)-c3ccc4c(c3)c(c(-c3cc5c(nc3[C@H](C)OC)CCN(C)C5)n4CC)CC(C)(C)COC(=O)[C@@H]3CCCN(N3)C2=O)C(C)C)C1. The van der Waals surface area contributed by atoms with E-state index in [9.17, 15) is 29.1 Å². The number of carbonyl (C=O) groups excluding carboxylic acids is 5. The first kappa shape index (κ1) is 51.4. The summed E-state index contributed by atoms with van der Waals surface area (Å²) in [7, 11) is 5.32. The van der Waals surface area contributed by atoms with Gasteiger partial charge in [-0.15, -0.1) is 0 Å². The lowest BCUT2D eigenvalue weighted by Gasteiger charge is -2.37. The molecule has 4 aliphatic heterocycles. The smallest absolute Gasteiger partial charge is 0.324 e. The van der Waals surface area contributed by atoms with E-state index >= 15 is 0 Å². The molecule has 4 aliphatic rings. The number of aliphatic hydroxyl groups is 1. The van der Waals surface area contributed by atoms with E-state index in [4.69, 9.17) is 14.5 Å². The van der Waals surface area contributed by atoms with E-state index in [0.717, 1.165) is 81.4 Å². The van der Waals surface area contributed by atoms with Crippen molar-refractivity contribution in [3.63, 3.8) is 0 Å². The number of methoxy groups -OCH3 is 1. The number of fused-ring (bicyclic) bond motifs is 7. The average Bonchev–Trinajstić information content (AvgIpc) is 3.91. The van der Waals surface area contributed by atoms with Crippen molar-refractivity contribution in [2.75, 3.05) is 54.0 Å². The Labute approximate surface area is 417 Å². The van der Waals surface area contributed by atoms with Gasteiger partial charge >= 0.3 is 5.97 Å². The number of likely N-dealkylation sites (tertiary alicyclic amines) is 1. The van der Waals surface area contributed by atoms with Crippen molar-refractivity contribution in [2.45, 2.75) is 123 Å². The largest absolute Gasteiger partial charge is 0.464 e. The highest BCUT2D eigenvalue weighted by Gasteiger charge is 2.48. The zero-order valence-electron chi connectivity index (χ0n) is 43.0. The van der Waals surface area contributed by atoms with Crippen molar-refractivity contribution in [3.05, 3.63) is 89.3 Å². The van der Waals surface area contributed by atoms with Gasteiger partial charge in [-0.2, -0.15) is 0 Å². The van der Waals surface area contributed by atoms with Crippen LogP contribution in [0.25, 0.3) is 33.3 Å². The van der Waals surface area contributed by atoms with Gasteiger partial charge in [-0.1, -0.05) is 64.6 Å². The highest BCUT2D eigenvalue weighted by molar-refractivity contribution is 5.97. The number of rotatable bonds is 10. The van der Waals surface area contributed by atoms with Gasteiger partial charge < -0.3 is 39.2 Å². The third-order valence-corrected chi connectivity index (χ3v) is 15.0. The van der Waals surface area contributed by atoms with Crippen molar-refractivity contribution >= 4 is 40.5 Å². The molecule has 0 aliphatic carbocycles. The van der Waals surface area contributed by atoms with Gasteiger partial charge in [-0.25, -0.2) is 5.43 Å². The molecule has 2 aromatic carbocycles. The standard InChI is InChI=1S/C55H72N8O8/c1-11-46(64)61-24-21-55(69,31-61)53(68)60(9)48(33(3)4)50(65)57-44-26-35-15-13-16-36(25-35)37-18-19-45-39(27-37)41(29-54(6,7)32-71-52(67)43-17-14-22-63(58-43)51(44)66)49(62(45)12-2)40-28-38-30-59(8)23-20-42(38)56-47(40)34(5)70-10/h11,13,15-16,18-19,25,27-28,33-34,43-44,48,58,69H,1,12,14,17,20-24,26,29-32H2,2-10H3,(H,57,65)/t34-,43-,44-,48-,55?/m0/s1. The summed E-state index contributed by atoms with van der Waals surface area (Å²) in [5.41, 5.74) is 10.9. The second kappa shape index (κ2) is 20.7. The number of ether oxygens (including phenoxy) is 2. The molecule has 4 amide bonds. The summed E-state index contributed by atoms with van der Waals surface area (Å²) in [4.78, 5) is 80.1. The minimum atomic E-state index is -1.90. The van der Waals surface area contributed by atoms with Gasteiger partial charge in [-0.3, -0.25) is 34.0 Å². The number of hydrazine groups is 1. The molecule has 6 bridgehead atoms. The number of nitrogens with zero attached hydrogens (tertiary/aromatic N) is 6. The number of benzene rings is 2. The molecule has 16 nitrogen and oxygen atoms in total. The summed E-state index contributed by atoms with van der Waals surface area (Å²) in [5.74, 6) is -3.03. The summed E-state index contributed by atoms with van der Waals surface area (Å²) in [6.07, 6.45) is 3.36. The Morgan fingerprint density at radius 1 is 1.08 bits per heavy atom. The third-order valence-electron chi connectivity index (χ3n) is 15.0. The van der Waals surface area contributed by atoms with Gasteiger partial charge in [0, 0.05) is 93.7 Å². The lowest BCUT2D eigenvalue weighted by atomic mass is 9.83. The first-order chi connectivity index (χ1) is 33.8. The molecule has 0 saturated carbocycles. The Kier molecular flexibility index (Phi) is 15.0. The monoisotopic (exact) mass is 973 g/mol. The van der Waals surface area contributed by atoms with Crippen molar-refractivity contribution in [1.29, 1.82) is 0 Å². The Hall–Kier alpha value is -5.94. The van der Waals surface area contributed by atoms with E-state index in [1.165, 1.54) is 27.4 Å². The van der Waals surface area contributed by atoms with Crippen LogP contribution in [-0.4, -0.2) is 142 Å². The van der Waals surface area contributed by atoms with Gasteiger partial charge in [0.05, 0.1) is 30.6 Å². The van der Waals surface area contributed by atoms with Crippen LogP contribution in [0.1, 0.15) is 95.0 Å². The highest BCUT2D eigenvalue weighted by atomic mass is 16.5. The molecule has 0 spiro atoms. The number of likely N-dealkylation sites (N-methyl/N-ethyl adjacent to an activating group) is 2. The van der Waals surface area contributed by atoms with E-state index in [2.05, 4.69) is 78.9 Å². The molecule has 16 heteroatoms. The number of nitrogens with one attached hydrogen (secondary N) is 2. The lowest BCUT2D eigenvalue weighted by molar-refractivity contribution is -0.156. The van der Waals surface area contributed by atoms with Crippen molar-refractivity contribution in [1.82, 2.24) is 40.0 Å². The van der Waals surface area contributed by atoms with Crippen LogP contribution >= 0.6 is 0 Å². The maximum Gasteiger partial charge on any atom is 0.324 e. The number of amides is 4. The summed E-state index contributed by atoms with van der Waals surface area (Å²) in [6.45, 7) is 18.3. The number of pyridine rings is 1. The minimum Gasteiger partial charge on any atom is -0.464 e. The Morgan fingerprint density at radius 3 is 2.56 bits per heavy atom. The van der Waals surface area contributed by atoms with Gasteiger partial charge in [0.1, 0.15) is 18.1 Å². The van der Waals surface area contributed by atoms with Crippen LogP contribution in [0.2, 0.25) is 0 Å². The van der Waals surface area contributed by atoms with Gasteiger partial charge in [-0.05, 0) is 98.2 Å². The molecule has 2 fully saturated rings. The van der Waals surface area contributed by atoms with E-state index in [1.54, 1.807) is 21.0 Å². The predicted molar refractivity (Wildman–Crippen MR) is 271 cm³/mol. The van der Waals surface area contributed by atoms with Crippen LogP contribution < -0.4 is 10.7 Å². The molecule has 71 heavy (non-hydrogen) atoms. The second-order valence-electron chi connectivity index (χ2n) is 21.3. The van der Waals surface area contributed by atoms with Crippen molar-refractivity contribution in [3.8, 4) is 22.4 Å². The van der Waals surface area contributed by atoms with Gasteiger partial charge in [0.15, 0.2) is 5.60 Å². The summed E-state index contributed by atoms with van der Waals surface area (Å²) in [6, 6.07) is 13.8. The van der Waals surface area contributed by atoms with E-state index in [1.807, 2.05) is 31.2 Å². The maximum absolute atomic E-state index is 14.8. The molecule has 2 aromatic heterocycles. The zero-order valence-corrected chi connectivity index (χ0v) is 43.0. The summed E-state index contributed by atoms with van der Waals surface area (Å²) >= 11 is 0. The normalized spacial score (nSPS) is 22.6. The molecule has 2 saturated heterocycles. The number of β-amino-alcohol motifs (C(OH)–C–C–N with tert-alkyl or cyclic N) is 1. The van der Waals surface area contributed by atoms with Crippen molar-refractivity contribution < 1.29 is 38.6 Å². The Balaban J connectivity index is 1.21. The quantitative estimate of drug-likeness (QED) is 0.138. The van der Waals surface area contributed by atoms with E-state index in [0.29, 0.717) is 25.8 Å². The first-order valence-corrected chi connectivity index (χ1v) is 25.2. The fourth-order valence-corrected chi connectivity index (χ4v) is 11.1. The highest BCUT2D eigenvalue weighted by Crippen LogP contribution is 2.43. The molecule has 3 N–H and O–H groups in total. The van der Waals surface area contributed by atoms with Crippen LogP contribution in [-0.2, 0) is 65.8 Å². The molecular formula is C55H72N8O8. The summed E-state index contributed by atoms with van der Waals surface area (Å²) < 4.78 is 14.6. The average molecular weight is 973 g/mol. The molecule has 380 valence electrons. The number of carbonyl (C=O) groups is 5. The number of aromatic nitrogens is 2. The minimum absolute atomic E-state index is 0.0000814. The van der Waals surface area contributed by atoms with Crippen LogP contribution in [0.15, 0.2) is 61.2 Å². The molecule has 5 atom stereocenters. The molecule has 8 rings (SSSR count). The predicted octanol–water partition coefficient (Wildman–Crippen LogP) is 5.37. The fraction of sp³-hybridized carbons (Fsp3) is 0.527. The van der Waals surface area contributed by atoms with Gasteiger partial charge in [0.2, 0.25) is 11.8 Å². The maximum atomic E-state index is 14.8. The Morgan fingerprint density at radius 2 is 1.85 bits per heavy atom. The summed E-state index contributed by atoms with van der Waals surface area (Å²) in [5, 5.41) is 17.0. The first-order valence-electron chi connectivity index (χ1n) is 25.2. The second-order valence-corrected chi connectivity index (χ2v) is 21.3. The number of aryl methyl sites for hydroxylation is 1. The number of cyclic esters (lactones) is 1. The third kappa shape index (κ3) is 10.4. The molecule has 4 aromatic rings. The molecule has 0 radical (unpaired) electrons. The van der Waals surface area contributed by atoms with E-state index < -0.39 is 64.7 Å². The topological polar surface area (TPSA) is 179 Å². The van der Waals surface area contributed by atoms with Crippen molar-refractivity contribution in [2.24, 2.45) is 11.3 Å². The van der Waals surface area contributed by atoms with E-state index in [-0.39, 0.29) is 45.2 Å². The zero-order chi connectivity index (χ0) is 51.1. The molecule has 6 heterocycles. The van der Waals surface area contributed by atoms with Crippen LogP contribution in [0.3, 0.4) is 0 Å². The molecule has 1 unspecified atom stereocenters. The van der Waals surface area contributed by atoms with Crippen LogP contribution in [0.4, 0.5) is 0 Å². The number of hydrogen-bond acceptors (Lipinski definition) is 11. The fourth-order valence-electron chi connectivity index (χ4n) is 11.1. The van der Waals surface area contributed by atoms with Gasteiger partial charge in [0.25, 0.3) is 11.8 Å². The Bertz CT molecular complexity index is 2730. The molecular weight excluding hydrogens is 901 g/mol. The number of hydrogen-bond donors (Lipinski definition) is 3. The van der Waals surface area contributed by atoms with Crippen LogP contribution in [0.5, 0.6) is 0 Å². The number of esters is 1. The van der Waals surface area contributed by atoms with Crippen LogP contribution in [0, 0.1) is 11.3 Å².